The number of amides is 1. The molecule has 2 atom stereocenters. The number of carbonyl (C=O) groups is 2. The summed E-state index contributed by atoms with van der Waals surface area (Å²) in [6.45, 7) is 5.55. The van der Waals surface area contributed by atoms with E-state index in [-0.39, 0.29) is 12.5 Å². The fourth-order valence-electron chi connectivity index (χ4n) is 1.87. The van der Waals surface area contributed by atoms with Crippen LogP contribution in [0, 0.1) is 5.92 Å². The van der Waals surface area contributed by atoms with Crippen molar-refractivity contribution in [2.45, 2.75) is 39.7 Å². The van der Waals surface area contributed by atoms with Crippen LogP contribution in [0.15, 0.2) is 24.3 Å². The van der Waals surface area contributed by atoms with Gasteiger partial charge in [0, 0.05) is 0 Å². The Bertz CT molecular complexity index is 470. The van der Waals surface area contributed by atoms with Gasteiger partial charge in [-0.2, -0.15) is 0 Å². The molecule has 5 heteroatoms. The van der Waals surface area contributed by atoms with Crippen LogP contribution in [0.25, 0.3) is 0 Å². The maximum Gasteiger partial charge on any atom is 0.326 e. The lowest BCUT2D eigenvalue weighted by Gasteiger charge is -2.20. The summed E-state index contributed by atoms with van der Waals surface area (Å²) in [7, 11) is 0. The van der Waals surface area contributed by atoms with Crippen molar-refractivity contribution in [1.82, 2.24) is 5.32 Å². The van der Waals surface area contributed by atoms with E-state index in [4.69, 9.17) is 9.84 Å². The largest absolute Gasteiger partial charge is 0.484 e. The lowest BCUT2D eigenvalue weighted by atomic mass is 9.99. The number of carbonyl (C=O) groups excluding carboxylic acids is 1. The van der Waals surface area contributed by atoms with Crippen LogP contribution in [-0.2, 0) is 16.0 Å². The second kappa shape index (κ2) is 8.29. The zero-order valence-electron chi connectivity index (χ0n) is 12.8. The topological polar surface area (TPSA) is 75.6 Å². The predicted molar refractivity (Wildman–Crippen MR) is 80.3 cm³/mol. The van der Waals surface area contributed by atoms with Crippen LogP contribution < -0.4 is 10.1 Å². The first-order valence-electron chi connectivity index (χ1n) is 7.21. The molecule has 0 heterocycles. The van der Waals surface area contributed by atoms with Gasteiger partial charge in [0.25, 0.3) is 5.91 Å². The van der Waals surface area contributed by atoms with Gasteiger partial charge in [0.2, 0.25) is 0 Å². The summed E-state index contributed by atoms with van der Waals surface area (Å²) in [5, 5.41) is 11.6. The van der Waals surface area contributed by atoms with E-state index in [1.807, 2.05) is 19.1 Å². The fourth-order valence-corrected chi connectivity index (χ4v) is 1.87. The Kier molecular flexibility index (Phi) is 6.72. The molecule has 116 valence electrons. The second-order valence-electron chi connectivity index (χ2n) is 5.06. The number of hydrogen-bond donors (Lipinski definition) is 2. The predicted octanol–water partition coefficient (Wildman–Crippen LogP) is 2.24. The first-order chi connectivity index (χ1) is 9.97. The Balaban J connectivity index is 2.50. The molecule has 0 unspecified atom stereocenters. The first kappa shape index (κ1) is 17.0. The normalized spacial score (nSPS) is 13.3. The van der Waals surface area contributed by atoms with Crippen LogP contribution >= 0.6 is 0 Å². The molecule has 0 spiro atoms. The third-order valence-electron chi connectivity index (χ3n) is 3.50. The minimum Gasteiger partial charge on any atom is -0.484 e. The lowest BCUT2D eigenvalue weighted by molar-refractivity contribution is -0.143. The Hall–Kier alpha value is -2.04. The van der Waals surface area contributed by atoms with Crippen molar-refractivity contribution in [3.63, 3.8) is 0 Å². The highest BCUT2D eigenvalue weighted by Crippen LogP contribution is 2.12. The maximum absolute atomic E-state index is 11.8. The molecule has 1 aromatic carbocycles. The van der Waals surface area contributed by atoms with E-state index in [0.717, 1.165) is 6.42 Å². The molecule has 0 aliphatic carbocycles. The standard InChI is InChI=1S/C16H23NO4/c1-4-11(3)15(16(19)20)17-14(18)10-21-13-8-6-12(5-2)7-9-13/h6-9,11,15H,4-5,10H2,1-3H3,(H,17,18)(H,19,20)/t11-,15-/m0/s1. The van der Waals surface area contributed by atoms with Crippen LogP contribution in [0.1, 0.15) is 32.8 Å². The molecule has 0 fully saturated rings. The van der Waals surface area contributed by atoms with Gasteiger partial charge in [-0.15, -0.1) is 0 Å². The van der Waals surface area contributed by atoms with E-state index >= 15 is 0 Å². The van der Waals surface area contributed by atoms with Crippen LogP contribution in [0.4, 0.5) is 0 Å². The number of nitrogens with one attached hydrogen (secondary N) is 1. The Morgan fingerprint density at radius 1 is 1.24 bits per heavy atom. The molecule has 0 saturated carbocycles. The zero-order valence-corrected chi connectivity index (χ0v) is 12.8. The summed E-state index contributed by atoms with van der Waals surface area (Å²) in [5.74, 6) is -0.986. The molecule has 0 aromatic heterocycles. The Labute approximate surface area is 125 Å². The summed E-state index contributed by atoms with van der Waals surface area (Å²) in [5.41, 5.74) is 1.19. The number of carboxylic acids is 1. The second-order valence-corrected chi connectivity index (χ2v) is 5.06. The minimum atomic E-state index is -1.02. The maximum atomic E-state index is 11.8. The van der Waals surface area contributed by atoms with Crippen LogP contribution in [0.2, 0.25) is 0 Å². The molecule has 1 rings (SSSR count). The fraction of sp³-hybridized carbons (Fsp3) is 0.500. The van der Waals surface area contributed by atoms with Gasteiger partial charge in [0.15, 0.2) is 6.61 Å². The van der Waals surface area contributed by atoms with Crippen molar-refractivity contribution in [2.75, 3.05) is 6.61 Å². The highest BCUT2D eigenvalue weighted by atomic mass is 16.5. The number of hydrogen-bond acceptors (Lipinski definition) is 3. The first-order valence-corrected chi connectivity index (χ1v) is 7.21. The number of aliphatic carboxylic acids is 1. The van der Waals surface area contributed by atoms with Gasteiger partial charge >= 0.3 is 5.97 Å². The van der Waals surface area contributed by atoms with Gasteiger partial charge in [-0.1, -0.05) is 39.3 Å². The molecule has 0 saturated heterocycles. The molecule has 5 nitrogen and oxygen atoms in total. The van der Waals surface area contributed by atoms with Crippen LogP contribution in [0.3, 0.4) is 0 Å². The summed E-state index contributed by atoms with van der Waals surface area (Å²) in [4.78, 5) is 22.9. The monoisotopic (exact) mass is 293 g/mol. The van der Waals surface area contributed by atoms with Gasteiger partial charge in [-0.05, 0) is 30.0 Å². The molecule has 21 heavy (non-hydrogen) atoms. The van der Waals surface area contributed by atoms with E-state index in [1.54, 1.807) is 19.1 Å². The third kappa shape index (κ3) is 5.45. The zero-order chi connectivity index (χ0) is 15.8. The number of aryl methyl sites for hydroxylation is 1. The van der Waals surface area contributed by atoms with Crippen molar-refractivity contribution >= 4 is 11.9 Å². The molecule has 0 radical (unpaired) electrons. The van der Waals surface area contributed by atoms with E-state index in [2.05, 4.69) is 12.2 Å². The molecule has 1 amide bonds. The summed E-state index contributed by atoms with van der Waals surface area (Å²) in [6.07, 6.45) is 1.62. The summed E-state index contributed by atoms with van der Waals surface area (Å²) >= 11 is 0. The molecule has 2 N–H and O–H groups in total. The van der Waals surface area contributed by atoms with Crippen molar-refractivity contribution in [3.8, 4) is 5.75 Å². The van der Waals surface area contributed by atoms with E-state index < -0.39 is 17.9 Å². The number of ether oxygens (including phenoxy) is 1. The highest BCUT2D eigenvalue weighted by Gasteiger charge is 2.25. The van der Waals surface area contributed by atoms with E-state index in [1.165, 1.54) is 5.56 Å². The van der Waals surface area contributed by atoms with Gasteiger partial charge < -0.3 is 15.2 Å². The summed E-state index contributed by atoms with van der Waals surface area (Å²) in [6, 6.07) is 6.60. The van der Waals surface area contributed by atoms with E-state index in [9.17, 15) is 9.59 Å². The molecular weight excluding hydrogens is 270 g/mol. The van der Waals surface area contributed by atoms with Gasteiger partial charge in [-0.3, -0.25) is 4.79 Å². The number of carboxylic acid groups (broad SMARTS) is 1. The van der Waals surface area contributed by atoms with Crippen molar-refractivity contribution in [2.24, 2.45) is 5.92 Å². The van der Waals surface area contributed by atoms with Gasteiger partial charge in [0.05, 0.1) is 0 Å². The molecular formula is C16H23NO4. The highest BCUT2D eigenvalue weighted by molar-refractivity contribution is 5.84. The Morgan fingerprint density at radius 2 is 1.86 bits per heavy atom. The lowest BCUT2D eigenvalue weighted by Crippen LogP contribution is -2.46. The number of benzene rings is 1. The Morgan fingerprint density at radius 3 is 2.33 bits per heavy atom. The van der Waals surface area contributed by atoms with Crippen molar-refractivity contribution in [3.05, 3.63) is 29.8 Å². The molecule has 1 aromatic rings. The molecule has 0 aliphatic rings. The van der Waals surface area contributed by atoms with Crippen molar-refractivity contribution in [1.29, 1.82) is 0 Å². The summed E-state index contributed by atoms with van der Waals surface area (Å²) < 4.78 is 5.36. The van der Waals surface area contributed by atoms with Crippen molar-refractivity contribution < 1.29 is 19.4 Å². The minimum absolute atomic E-state index is 0.129. The average Bonchev–Trinajstić information content (AvgIpc) is 2.50. The SMILES string of the molecule is CCc1ccc(OCC(=O)N[C@H](C(=O)O)[C@@H](C)CC)cc1. The third-order valence-corrected chi connectivity index (χ3v) is 3.50. The van der Waals surface area contributed by atoms with E-state index in [0.29, 0.717) is 12.2 Å². The smallest absolute Gasteiger partial charge is 0.326 e. The quantitative estimate of drug-likeness (QED) is 0.770. The molecule has 0 bridgehead atoms. The molecule has 0 aliphatic heterocycles. The number of rotatable bonds is 8. The van der Waals surface area contributed by atoms with Crippen LogP contribution in [0.5, 0.6) is 5.75 Å². The van der Waals surface area contributed by atoms with Crippen LogP contribution in [-0.4, -0.2) is 29.6 Å². The van der Waals surface area contributed by atoms with Gasteiger partial charge in [0.1, 0.15) is 11.8 Å². The van der Waals surface area contributed by atoms with Gasteiger partial charge in [-0.25, -0.2) is 4.79 Å². The average molecular weight is 293 g/mol.